The van der Waals surface area contributed by atoms with Crippen LogP contribution in [0.15, 0.2) is 23.6 Å². The van der Waals surface area contributed by atoms with Crippen LogP contribution in [0.3, 0.4) is 0 Å². The van der Waals surface area contributed by atoms with Crippen LogP contribution in [0.5, 0.6) is 5.75 Å². The van der Waals surface area contributed by atoms with Gasteiger partial charge in [-0.15, -0.1) is 24.5 Å². The SMILES string of the molecule is FC(F)(F)Oc1cccc2sc[c]c12. The molecule has 73 valence electrons. The van der Waals surface area contributed by atoms with Gasteiger partial charge in [0.2, 0.25) is 0 Å². The number of fused-ring (bicyclic) bond motifs is 1. The Kier molecular flexibility index (Phi) is 2.11. The zero-order valence-corrected chi connectivity index (χ0v) is 7.58. The molecule has 14 heavy (non-hydrogen) atoms. The third-order valence-electron chi connectivity index (χ3n) is 1.60. The zero-order chi connectivity index (χ0) is 10.2. The Morgan fingerprint density at radius 2 is 2.07 bits per heavy atom. The highest BCUT2D eigenvalue weighted by molar-refractivity contribution is 7.17. The van der Waals surface area contributed by atoms with E-state index in [2.05, 4.69) is 10.8 Å². The second kappa shape index (κ2) is 3.16. The summed E-state index contributed by atoms with van der Waals surface area (Å²) in [5, 5.41) is 1.98. The summed E-state index contributed by atoms with van der Waals surface area (Å²) in [4.78, 5) is 0. The minimum atomic E-state index is -4.65. The maximum atomic E-state index is 11.9. The molecular weight excluding hydrogens is 213 g/mol. The summed E-state index contributed by atoms with van der Waals surface area (Å²) in [5.41, 5.74) is 0. The number of ether oxygens (including phenoxy) is 1. The van der Waals surface area contributed by atoms with E-state index in [0.717, 1.165) is 4.70 Å². The van der Waals surface area contributed by atoms with E-state index in [9.17, 15) is 13.2 Å². The van der Waals surface area contributed by atoms with E-state index in [-0.39, 0.29) is 5.75 Å². The lowest BCUT2D eigenvalue weighted by molar-refractivity contribution is -0.274. The lowest BCUT2D eigenvalue weighted by Gasteiger charge is -2.09. The van der Waals surface area contributed by atoms with Gasteiger partial charge in [-0.1, -0.05) is 6.07 Å². The molecule has 1 radical (unpaired) electrons. The zero-order valence-electron chi connectivity index (χ0n) is 6.76. The van der Waals surface area contributed by atoms with Gasteiger partial charge < -0.3 is 4.74 Å². The number of rotatable bonds is 1. The Balaban J connectivity index is 2.46. The molecule has 0 atom stereocenters. The third kappa shape index (κ3) is 1.82. The predicted octanol–water partition coefficient (Wildman–Crippen LogP) is 3.60. The second-order valence-electron chi connectivity index (χ2n) is 2.56. The van der Waals surface area contributed by atoms with Crippen molar-refractivity contribution in [2.75, 3.05) is 0 Å². The topological polar surface area (TPSA) is 9.23 Å². The lowest BCUT2D eigenvalue weighted by atomic mass is 10.2. The molecule has 0 saturated carbocycles. The van der Waals surface area contributed by atoms with Crippen molar-refractivity contribution >= 4 is 21.4 Å². The molecule has 0 N–H and O–H groups in total. The molecule has 0 spiro atoms. The summed E-state index contributed by atoms with van der Waals surface area (Å²) in [7, 11) is 0. The Hall–Kier alpha value is -1.23. The molecule has 0 unspecified atom stereocenters. The van der Waals surface area contributed by atoms with E-state index < -0.39 is 6.36 Å². The molecule has 0 aliphatic carbocycles. The van der Waals surface area contributed by atoms with Crippen LogP contribution in [0, 0.1) is 6.07 Å². The van der Waals surface area contributed by atoms with Gasteiger partial charge in [0.15, 0.2) is 0 Å². The first-order valence-corrected chi connectivity index (χ1v) is 4.58. The molecule has 1 aromatic carbocycles. The highest BCUT2D eigenvalue weighted by atomic mass is 32.1. The molecule has 2 aromatic rings. The van der Waals surface area contributed by atoms with Crippen molar-refractivity contribution in [1.29, 1.82) is 0 Å². The molecule has 1 nitrogen and oxygen atoms in total. The van der Waals surface area contributed by atoms with E-state index >= 15 is 0 Å². The molecule has 2 rings (SSSR count). The molecule has 1 heterocycles. The van der Waals surface area contributed by atoms with Gasteiger partial charge in [-0.05, 0) is 17.5 Å². The van der Waals surface area contributed by atoms with Gasteiger partial charge in [0.05, 0.1) is 0 Å². The largest absolute Gasteiger partial charge is 0.573 e. The molecule has 1 aromatic heterocycles. The summed E-state index contributed by atoms with van der Waals surface area (Å²) in [5.74, 6) is -0.198. The van der Waals surface area contributed by atoms with Crippen LogP contribution in [0.2, 0.25) is 0 Å². The minimum absolute atomic E-state index is 0.198. The van der Waals surface area contributed by atoms with Crippen LogP contribution in [-0.2, 0) is 0 Å². The predicted molar refractivity (Wildman–Crippen MR) is 47.3 cm³/mol. The fraction of sp³-hybridized carbons (Fsp3) is 0.111. The van der Waals surface area contributed by atoms with E-state index in [1.165, 1.54) is 23.5 Å². The summed E-state index contributed by atoms with van der Waals surface area (Å²) in [6.45, 7) is 0. The van der Waals surface area contributed by atoms with E-state index in [0.29, 0.717) is 5.39 Å². The first-order chi connectivity index (χ1) is 6.56. The van der Waals surface area contributed by atoms with Crippen LogP contribution >= 0.6 is 11.3 Å². The van der Waals surface area contributed by atoms with E-state index in [1.54, 1.807) is 11.4 Å². The van der Waals surface area contributed by atoms with Crippen molar-refractivity contribution in [2.45, 2.75) is 6.36 Å². The monoisotopic (exact) mass is 217 g/mol. The standard InChI is InChI=1S/C9H4F3OS/c10-9(11,12)13-7-2-1-3-8-6(7)4-5-14-8/h1-3,5H. The van der Waals surface area contributed by atoms with E-state index in [1.807, 2.05) is 0 Å². The summed E-state index contributed by atoms with van der Waals surface area (Å²) < 4.78 is 40.4. The number of alkyl halides is 3. The maximum absolute atomic E-state index is 11.9. The van der Waals surface area contributed by atoms with Crippen molar-refractivity contribution in [3.63, 3.8) is 0 Å². The smallest absolute Gasteiger partial charge is 0.405 e. The Morgan fingerprint density at radius 3 is 2.79 bits per heavy atom. The molecular formula is C9H4F3OS. The fourth-order valence-corrected chi connectivity index (χ4v) is 1.85. The van der Waals surface area contributed by atoms with Crippen LogP contribution < -0.4 is 4.74 Å². The van der Waals surface area contributed by atoms with Gasteiger partial charge >= 0.3 is 6.36 Å². The molecule has 0 aliphatic heterocycles. The lowest BCUT2D eigenvalue weighted by Crippen LogP contribution is -2.17. The van der Waals surface area contributed by atoms with Crippen LogP contribution in [0.1, 0.15) is 0 Å². The van der Waals surface area contributed by atoms with Crippen LogP contribution in [-0.4, -0.2) is 6.36 Å². The molecule has 5 heteroatoms. The molecule has 0 fully saturated rings. The normalized spacial score (nSPS) is 11.9. The Bertz CT molecular complexity index is 446. The number of benzene rings is 1. The Labute approximate surface area is 81.7 Å². The molecule has 0 amide bonds. The second-order valence-corrected chi connectivity index (χ2v) is 3.47. The summed E-state index contributed by atoms with van der Waals surface area (Å²) >= 11 is 1.32. The molecule has 0 saturated heterocycles. The van der Waals surface area contributed by atoms with Crippen molar-refractivity contribution in [2.24, 2.45) is 0 Å². The van der Waals surface area contributed by atoms with E-state index in [4.69, 9.17) is 0 Å². The van der Waals surface area contributed by atoms with Gasteiger partial charge in [0.25, 0.3) is 0 Å². The molecule has 0 aliphatic rings. The third-order valence-corrected chi connectivity index (χ3v) is 2.43. The number of thiophene rings is 1. The number of halogens is 3. The Morgan fingerprint density at radius 1 is 1.29 bits per heavy atom. The van der Waals surface area contributed by atoms with Crippen molar-refractivity contribution in [3.8, 4) is 5.75 Å². The van der Waals surface area contributed by atoms with Gasteiger partial charge in [-0.2, -0.15) is 0 Å². The minimum Gasteiger partial charge on any atom is -0.405 e. The first-order valence-electron chi connectivity index (χ1n) is 3.70. The number of hydrogen-bond acceptors (Lipinski definition) is 2. The molecule has 0 bridgehead atoms. The fourth-order valence-electron chi connectivity index (χ4n) is 1.11. The average molecular weight is 217 g/mol. The van der Waals surface area contributed by atoms with Gasteiger partial charge in [-0.25, -0.2) is 0 Å². The van der Waals surface area contributed by atoms with Crippen LogP contribution in [0.25, 0.3) is 10.1 Å². The first kappa shape index (κ1) is 9.33. The van der Waals surface area contributed by atoms with Gasteiger partial charge in [0, 0.05) is 16.2 Å². The average Bonchev–Trinajstić information content (AvgIpc) is 2.49. The number of hydrogen-bond donors (Lipinski definition) is 0. The van der Waals surface area contributed by atoms with Gasteiger partial charge in [-0.3, -0.25) is 0 Å². The van der Waals surface area contributed by atoms with Crippen molar-refractivity contribution in [3.05, 3.63) is 29.6 Å². The highest BCUT2D eigenvalue weighted by Crippen LogP contribution is 2.32. The summed E-state index contributed by atoms with van der Waals surface area (Å²) in [6, 6.07) is 7.22. The summed E-state index contributed by atoms with van der Waals surface area (Å²) in [6.07, 6.45) is -4.65. The quantitative estimate of drug-likeness (QED) is 0.709. The maximum Gasteiger partial charge on any atom is 0.573 e. The van der Waals surface area contributed by atoms with Crippen molar-refractivity contribution in [1.82, 2.24) is 0 Å². The highest BCUT2D eigenvalue weighted by Gasteiger charge is 2.31. The van der Waals surface area contributed by atoms with Crippen molar-refractivity contribution < 1.29 is 17.9 Å². The van der Waals surface area contributed by atoms with Gasteiger partial charge in [0.1, 0.15) is 5.75 Å². The van der Waals surface area contributed by atoms with Crippen LogP contribution in [0.4, 0.5) is 13.2 Å².